The quantitative estimate of drug-likeness (QED) is 0.0264. The Morgan fingerprint density at radius 3 is 1.06 bits per heavy atom. The molecule has 10 heteroatoms. The highest BCUT2D eigenvalue weighted by atomic mass is 31.2. The maximum atomic E-state index is 12.7. The van der Waals surface area contributed by atoms with Gasteiger partial charge in [0.2, 0.25) is 0 Å². The molecule has 3 N–H and O–H groups in total. The van der Waals surface area contributed by atoms with E-state index in [2.05, 4.69) is 86.8 Å². The summed E-state index contributed by atoms with van der Waals surface area (Å²) in [6.45, 7) is 3.64. The Balaban J connectivity index is 3.82. The number of ether oxygens (including phenoxy) is 2. The van der Waals surface area contributed by atoms with Crippen LogP contribution in [0.2, 0.25) is 0 Å². The van der Waals surface area contributed by atoms with Crippen molar-refractivity contribution in [2.45, 2.75) is 315 Å². The molecule has 0 rings (SSSR count). The molecule has 0 spiro atoms. The molecular weight excluding hydrogens is 978 g/mol. The number of esters is 2. The summed E-state index contributed by atoms with van der Waals surface area (Å²) < 4.78 is 33.1. The van der Waals surface area contributed by atoms with E-state index in [1.165, 1.54) is 212 Å². The predicted molar refractivity (Wildman–Crippen MR) is 330 cm³/mol. The first-order valence-electron chi connectivity index (χ1n) is 32.4. The van der Waals surface area contributed by atoms with Gasteiger partial charge in [0.25, 0.3) is 0 Å². The predicted octanol–water partition coefficient (Wildman–Crippen LogP) is 20.9. The molecule has 0 aromatic rings. The van der Waals surface area contributed by atoms with Gasteiger partial charge in [0, 0.05) is 19.4 Å². The average molecular weight is 1100 g/mol. The van der Waals surface area contributed by atoms with Crippen LogP contribution in [0.25, 0.3) is 0 Å². The normalized spacial score (nSPS) is 13.5. The summed E-state index contributed by atoms with van der Waals surface area (Å²) in [7, 11) is -4.39. The molecule has 0 aromatic heterocycles. The molecule has 448 valence electrons. The number of carbonyl (C=O) groups excluding carboxylic acids is 2. The van der Waals surface area contributed by atoms with Crippen molar-refractivity contribution in [3.63, 3.8) is 0 Å². The van der Waals surface area contributed by atoms with Gasteiger partial charge in [-0.1, -0.05) is 286 Å². The van der Waals surface area contributed by atoms with Crippen molar-refractivity contribution in [2.75, 3.05) is 26.4 Å². The zero-order valence-electron chi connectivity index (χ0n) is 50.2. The van der Waals surface area contributed by atoms with Crippen LogP contribution in [0.3, 0.4) is 0 Å². The second-order valence-electron chi connectivity index (χ2n) is 21.6. The highest BCUT2D eigenvalue weighted by molar-refractivity contribution is 7.47. The molecule has 2 atom stereocenters. The molecule has 2 unspecified atom stereocenters. The highest BCUT2D eigenvalue weighted by Crippen LogP contribution is 2.43. The summed E-state index contributed by atoms with van der Waals surface area (Å²) in [5.74, 6) is -0.820. The Labute approximate surface area is 475 Å². The molecule has 0 aliphatic rings. The van der Waals surface area contributed by atoms with Crippen LogP contribution in [0.5, 0.6) is 0 Å². The Morgan fingerprint density at radius 2 is 0.714 bits per heavy atom. The van der Waals surface area contributed by atoms with Crippen molar-refractivity contribution in [2.24, 2.45) is 5.73 Å². The third-order valence-electron chi connectivity index (χ3n) is 14.1. The van der Waals surface area contributed by atoms with Gasteiger partial charge < -0.3 is 20.1 Å². The van der Waals surface area contributed by atoms with Crippen LogP contribution in [0.4, 0.5) is 0 Å². The Hall–Kier alpha value is -2.55. The molecule has 0 amide bonds. The van der Waals surface area contributed by atoms with Crippen molar-refractivity contribution >= 4 is 19.8 Å². The van der Waals surface area contributed by atoms with Gasteiger partial charge in [-0.25, -0.2) is 4.57 Å². The lowest BCUT2D eigenvalue weighted by Gasteiger charge is -2.19. The third kappa shape index (κ3) is 62.5. The first-order chi connectivity index (χ1) is 37.8. The molecule has 77 heavy (non-hydrogen) atoms. The van der Waals surface area contributed by atoms with Crippen LogP contribution >= 0.6 is 7.82 Å². The highest BCUT2D eigenvalue weighted by Gasteiger charge is 2.26. The summed E-state index contributed by atoms with van der Waals surface area (Å²) in [5, 5.41) is 0. The molecule has 9 nitrogen and oxygen atoms in total. The Kier molecular flexibility index (Phi) is 60.6. The number of hydrogen-bond acceptors (Lipinski definition) is 8. The summed E-state index contributed by atoms with van der Waals surface area (Å²) >= 11 is 0. The lowest BCUT2D eigenvalue weighted by molar-refractivity contribution is -0.161. The van der Waals surface area contributed by atoms with Gasteiger partial charge in [-0.15, -0.1) is 0 Å². The Morgan fingerprint density at radius 1 is 0.403 bits per heavy atom. The van der Waals surface area contributed by atoms with Gasteiger partial charge >= 0.3 is 19.8 Å². The van der Waals surface area contributed by atoms with E-state index in [1.54, 1.807) is 0 Å². The van der Waals surface area contributed by atoms with E-state index in [1.807, 2.05) is 0 Å². The molecular formula is C67H122NO8P. The number of rotatable bonds is 61. The summed E-state index contributed by atoms with van der Waals surface area (Å²) in [5.41, 5.74) is 5.39. The fourth-order valence-corrected chi connectivity index (χ4v) is 10.1. The first kappa shape index (κ1) is 74.5. The van der Waals surface area contributed by atoms with Crippen LogP contribution in [0, 0.1) is 0 Å². The van der Waals surface area contributed by atoms with Crippen molar-refractivity contribution in [1.82, 2.24) is 0 Å². The van der Waals surface area contributed by atoms with Crippen molar-refractivity contribution in [3.05, 3.63) is 72.9 Å². The summed E-state index contributed by atoms with van der Waals surface area (Å²) in [4.78, 5) is 35.2. The molecule has 0 aliphatic carbocycles. The second kappa shape index (κ2) is 62.6. The second-order valence-corrected chi connectivity index (χ2v) is 23.1. The van der Waals surface area contributed by atoms with E-state index in [-0.39, 0.29) is 38.6 Å². The van der Waals surface area contributed by atoms with E-state index in [4.69, 9.17) is 24.3 Å². The number of allylic oxidation sites excluding steroid dienone is 12. The van der Waals surface area contributed by atoms with Gasteiger partial charge in [-0.3, -0.25) is 18.6 Å². The number of phosphoric ester groups is 1. The smallest absolute Gasteiger partial charge is 0.462 e. The van der Waals surface area contributed by atoms with E-state index in [0.717, 1.165) is 64.2 Å². The van der Waals surface area contributed by atoms with Crippen LogP contribution in [0.15, 0.2) is 72.9 Å². The summed E-state index contributed by atoms with van der Waals surface area (Å²) in [6, 6.07) is 0. The van der Waals surface area contributed by atoms with Gasteiger partial charge in [-0.05, 0) is 83.5 Å². The van der Waals surface area contributed by atoms with Gasteiger partial charge in [0.1, 0.15) is 6.61 Å². The number of phosphoric acid groups is 1. The van der Waals surface area contributed by atoms with E-state index in [9.17, 15) is 19.0 Å². The molecule has 0 aliphatic heterocycles. The zero-order chi connectivity index (χ0) is 55.9. The fourth-order valence-electron chi connectivity index (χ4n) is 9.31. The lowest BCUT2D eigenvalue weighted by atomic mass is 10.0. The largest absolute Gasteiger partial charge is 0.472 e. The number of carbonyl (C=O) groups is 2. The van der Waals surface area contributed by atoms with Gasteiger partial charge in [0.15, 0.2) is 6.10 Å². The first-order valence-corrected chi connectivity index (χ1v) is 33.9. The van der Waals surface area contributed by atoms with Gasteiger partial charge in [0.05, 0.1) is 13.2 Å². The Bertz CT molecular complexity index is 1490. The maximum Gasteiger partial charge on any atom is 0.472 e. The van der Waals surface area contributed by atoms with Crippen molar-refractivity contribution < 1.29 is 37.6 Å². The molecule has 0 saturated heterocycles. The van der Waals surface area contributed by atoms with Crippen LogP contribution in [0.1, 0.15) is 309 Å². The van der Waals surface area contributed by atoms with Crippen LogP contribution in [-0.2, 0) is 32.7 Å². The van der Waals surface area contributed by atoms with Crippen LogP contribution in [-0.4, -0.2) is 49.3 Å². The van der Waals surface area contributed by atoms with Crippen molar-refractivity contribution in [1.29, 1.82) is 0 Å². The number of hydrogen-bond donors (Lipinski definition) is 2. The number of nitrogens with two attached hydrogens (primary N) is 1. The minimum atomic E-state index is -4.39. The minimum Gasteiger partial charge on any atom is -0.462 e. The maximum absolute atomic E-state index is 12.7. The molecule has 0 bridgehead atoms. The van der Waals surface area contributed by atoms with E-state index >= 15 is 0 Å². The van der Waals surface area contributed by atoms with E-state index < -0.39 is 26.5 Å². The lowest BCUT2D eigenvalue weighted by Crippen LogP contribution is -2.29. The van der Waals surface area contributed by atoms with Crippen molar-refractivity contribution in [3.8, 4) is 0 Å². The topological polar surface area (TPSA) is 134 Å². The molecule has 0 heterocycles. The standard InChI is InChI=1S/C67H122NO8P/c1-3-5-7-9-11-13-15-17-19-21-23-24-25-26-27-28-29-30-31-32-33-34-35-36-37-38-39-40-42-44-46-48-50-52-54-56-58-60-67(70)76-65(64-75-77(71,72)74-62-61-68)63-73-66(69)59-57-55-53-51-49-47-45-43-41-22-20-18-16-14-12-10-8-6-4-2/h5,7,11-14,17-20,23-24,65H,3-4,6,8-10,15-16,21-22,25-64,68H2,1-2H3,(H,71,72)/b7-5-,13-11-,14-12-,19-17-,20-18-,24-23-. The fraction of sp³-hybridized carbons (Fsp3) is 0.791. The summed E-state index contributed by atoms with van der Waals surface area (Å²) in [6.07, 6.45) is 81.3. The zero-order valence-corrected chi connectivity index (χ0v) is 51.1. The average Bonchev–Trinajstić information content (AvgIpc) is 3.42. The molecule has 0 fully saturated rings. The third-order valence-corrected chi connectivity index (χ3v) is 15.1. The SMILES string of the molecule is CC/C=C\C/C=C\C/C=C\C/C=C\CCCCCCCCCCCCCCCCCCCCCCCCCCC(=O)OC(COC(=O)CCCCCCCCCCC/C=C\C/C=C\CCCCC)COP(=O)(O)OCCN. The monoisotopic (exact) mass is 1100 g/mol. The van der Waals surface area contributed by atoms with Crippen LogP contribution < -0.4 is 5.73 Å². The number of unbranched alkanes of at least 4 members (excludes halogenated alkanes) is 36. The van der Waals surface area contributed by atoms with E-state index in [0.29, 0.717) is 6.42 Å². The minimum absolute atomic E-state index is 0.0528. The molecule has 0 radical (unpaired) electrons. The van der Waals surface area contributed by atoms with Gasteiger partial charge in [-0.2, -0.15) is 0 Å². The molecule has 0 aromatic carbocycles. The molecule has 0 saturated carbocycles.